The Morgan fingerprint density at radius 1 is 1.24 bits per heavy atom. The molecule has 3 heterocycles. The zero-order valence-corrected chi connectivity index (χ0v) is 18.9. The zero-order chi connectivity index (χ0) is 24.1. The van der Waals surface area contributed by atoms with Crippen LogP contribution in [-0.2, 0) is 13.7 Å². The number of hydrogen-bond donors (Lipinski definition) is 4. The van der Waals surface area contributed by atoms with Crippen LogP contribution in [0, 0.1) is 0 Å². The smallest absolute Gasteiger partial charge is 0.423 e. The number of nitrogens with one attached hydrogen (secondary N) is 1. The molecule has 0 bridgehead atoms. The molecule has 0 spiro atoms. The molecule has 2 aromatic heterocycles. The van der Waals surface area contributed by atoms with Crippen molar-refractivity contribution in [3.63, 3.8) is 0 Å². The lowest BCUT2D eigenvalue weighted by molar-refractivity contribution is -0.119. The van der Waals surface area contributed by atoms with Crippen LogP contribution in [0.1, 0.15) is 42.3 Å². The molecule has 14 heteroatoms. The van der Waals surface area contributed by atoms with E-state index in [4.69, 9.17) is 14.7 Å². The van der Waals surface area contributed by atoms with Gasteiger partial charge in [0.25, 0.3) is 0 Å². The van der Waals surface area contributed by atoms with Crippen LogP contribution in [0.4, 0.5) is 5.82 Å². The molecule has 1 amide bonds. The minimum atomic E-state index is -1.76. The molecule has 34 heavy (non-hydrogen) atoms. The third-order valence-corrected chi connectivity index (χ3v) is 5.93. The van der Waals surface area contributed by atoms with Crippen LogP contribution in [-0.4, -0.2) is 61.1 Å². The summed E-state index contributed by atoms with van der Waals surface area (Å²) < 4.78 is 15.8. The maximum Gasteiger partial charge on any atom is 0.489 e. The molecule has 1 aromatic carbocycles. The van der Waals surface area contributed by atoms with Crippen molar-refractivity contribution >= 4 is 53.5 Å². The summed E-state index contributed by atoms with van der Waals surface area (Å²) in [5, 5.41) is 18.7. The van der Waals surface area contributed by atoms with Gasteiger partial charge in [0.15, 0.2) is 17.2 Å². The number of carbonyl (C=O) groups excluding carboxylic acids is 2. The minimum Gasteiger partial charge on any atom is -0.423 e. The Bertz CT molecular complexity index is 1180. The number of ether oxygens (including phenoxy) is 1. The highest BCUT2D eigenvalue weighted by Gasteiger charge is 2.28. The summed E-state index contributed by atoms with van der Waals surface area (Å²) in [5.74, 6) is -0.423. The van der Waals surface area contributed by atoms with Gasteiger partial charge >= 0.3 is 7.12 Å². The monoisotopic (exact) mass is 486 g/mol. The molecule has 12 nitrogen and oxygen atoms in total. The maximum absolute atomic E-state index is 12.3. The molecule has 0 saturated carbocycles. The van der Waals surface area contributed by atoms with E-state index < -0.39 is 7.12 Å². The number of rotatable bonds is 10. The number of nitrogens with zero attached hydrogens (tertiary/aromatic N) is 4. The van der Waals surface area contributed by atoms with Crippen molar-refractivity contribution in [2.75, 3.05) is 12.3 Å². The van der Waals surface area contributed by atoms with Gasteiger partial charge in [-0.05, 0) is 18.3 Å². The van der Waals surface area contributed by atoms with Crippen LogP contribution in [0.3, 0.4) is 0 Å². The Hall–Kier alpha value is -3.04. The van der Waals surface area contributed by atoms with Gasteiger partial charge in [-0.25, -0.2) is 15.0 Å². The molecule has 5 N–H and O–H groups in total. The lowest BCUT2D eigenvalue weighted by Gasteiger charge is -2.15. The largest absolute Gasteiger partial charge is 0.489 e. The summed E-state index contributed by atoms with van der Waals surface area (Å²) in [6.07, 6.45) is 3.94. The number of fused-ring (bicyclic) bond motifs is 1. The summed E-state index contributed by atoms with van der Waals surface area (Å²) in [4.78, 5) is 36.8. The highest BCUT2D eigenvalue weighted by atomic mass is 32.2. The molecule has 0 aliphatic carbocycles. The number of nitrogens with two attached hydrogens (primary N) is 1. The number of imidazole rings is 1. The number of amides is 1. The number of Topliss-reactive ketones (excluding diaryl/α,β-unsaturated/α-hetero) is 1. The molecule has 2 unspecified atom stereocenters. The van der Waals surface area contributed by atoms with Gasteiger partial charge < -0.3 is 20.5 Å². The fourth-order valence-electron chi connectivity index (χ4n) is 3.67. The summed E-state index contributed by atoms with van der Waals surface area (Å²) in [6, 6.07) is 6.17. The number of anilines is 1. The van der Waals surface area contributed by atoms with Crippen LogP contribution in [0.5, 0.6) is 0 Å². The molecule has 0 radical (unpaired) electrons. The number of nitrogen functional groups attached to an aromatic ring is 1. The Labute approximate surface area is 199 Å². The molecule has 1 fully saturated rings. The standard InChI is InChI=1S/C20H23BN6O6S/c22-19-18-20(24-10-23-19)27(11-25-18)17-8-5-12(33-17)9-32-34-26-16(29)7-6-15(28)13-3-1-2-4-14(13)21(30)31/h1-4,10-12,17,30-31H,5-9H2,(H,26,29)(H2,22,23,24). The fraction of sp³-hybridized carbons (Fsp3) is 0.350. The van der Waals surface area contributed by atoms with Gasteiger partial charge in [-0.1, -0.05) is 24.3 Å². The van der Waals surface area contributed by atoms with E-state index in [9.17, 15) is 19.6 Å². The van der Waals surface area contributed by atoms with Crippen LogP contribution in [0.25, 0.3) is 11.2 Å². The van der Waals surface area contributed by atoms with E-state index in [-0.39, 0.29) is 54.5 Å². The van der Waals surface area contributed by atoms with Crippen molar-refractivity contribution in [3.05, 3.63) is 42.5 Å². The Morgan fingerprint density at radius 3 is 2.88 bits per heavy atom. The molecule has 3 aromatic rings. The summed E-state index contributed by atoms with van der Waals surface area (Å²) in [6.45, 7) is 0.256. The van der Waals surface area contributed by atoms with Crippen molar-refractivity contribution in [1.82, 2.24) is 24.2 Å². The maximum atomic E-state index is 12.3. The van der Waals surface area contributed by atoms with Crippen molar-refractivity contribution < 1.29 is 28.6 Å². The van der Waals surface area contributed by atoms with E-state index >= 15 is 0 Å². The molecular formula is C20H23BN6O6S. The van der Waals surface area contributed by atoms with Gasteiger partial charge in [-0.15, -0.1) is 0 Å². The normalized spacial score (nSPS) is 17.7. The van der Waals surface area contributed by atoms with Crippen molar-refractivity contribution in [3.8, 4) is 0 Å². The van der Waals surface area contributed by atoms with E-state index in [1.165, 1.54) is 18.5 Å². The third-order valence-electron chi connectivity index (χ3n) is 5.37. The molecule has 2 atom stereocenters. The molecule has 1 aliphatic rings. The van der Waals surface area contributed by atoms with Gasteiger partial charge in [0.05, 0.1) is 19.0 Å². The number of benzene rings is 1. The predicted molar refractivity (Wildman–Crippen MR) is 124 cm³/mol. The van der Waals surface area contributed by atoms with Crippen LogP contribution < -0.4 is 15.9 Å². The first-order valence-electron chi connectivity index (χ1n) is 10.6. The van der Waals surface area contributed by atoms with Crippen LogP contribution >= 0.6 is 12.2 Å². The molecule has 4 rings (SSSR count). The number of carbonyl (C=O) groups is 2. The van der Waals surface area contributed by atoms with E-state index in [0.717, 1.165) is 25.1 Å². The number of ketones is 1. The fourth-order valence-corrected chi connectivity index (χ4v) is 4.14. The molecular weight excluding hydrogens is 463 g/mol. The second-order valence-corrected chi connectivity index (χ2v) is 8.26. The Balaban J connectivity index is 1.17. The van der Waals surface area contributed by atoms with Crippen LogP contribution in [0.2, 0.25) is 0 Å². The zero-order valence-electron chi connectivity index (χ0n) is 18.0. The Morgan fingerprint density at radius 2 is 2.06 bits per heavy atom. The topological polar surface area (TPSA) is 175 Å². The first kappa shape index (κ1) is 24.1. The quantitative estimate of drug-likeness (QED) is 0.101. The van der Waals surface area contributed by atoms with E-state index in [1.54, 1.807) is 18.5 Å². The van der Waals surface area contributed by atoms with Gasteiger partial charge in [0.1, 0.15) is 30.3 Å². The molecule has 178 valence electrons. The Kier molecular flexibility index (Phi) is 7.75. The summed E-state index contributed by atoms with van der Waals surface area (Å²) >= 11 is 0.780. The summed E-state index contributed by atoms with van der Waals surface area (Å²) in [5.41, 5.74) is 7.25. The van der Waals surface area contributed by atoms with Gasteiger partial charge in [0, 0.05) is 18.4 Å². The predicted octanol–water partition coefficient (Wildman–Crippen LogP) is 0.125. The molecule has 1 aliphatic heterocycles. The highest BCUT2D eigenvalue weighted by molar-refractivity contribution is 7.93. The van der Waals surface area contributed by atoms with Gasteiger partial charge in [-0.2, -0.15) is 0 Å². The second kappa shape index (κ2) is 10.9. The molecule has 1 saturated heterocycles. The van der Waals surface area contributed by atoms with E-state index in [0.29, 0.717) is 17.0 Å². The lowest BCUT2D eigenvalue weighted by Crippen LogP contribution is -2.34. The van der Waals surface area contributed by atoms with Gasteiger partial charge in [-0.3, -0.25) is 23.1 Å². The summed E-state index contributed by atoms with van der Waals surface area (Å²) in [7, 11) is -1.76. The van der Waals surface area contributed by atoms with Crippen molar-refractivity contribution in [2.45, 2.75) is 38.0 Å². The number of aromatic nitrogens is 4. The van der Waals surface area contributed by atoms with E-state index in [1.807, 2.05) is 4.57 Å². The lowest BCUT2D eigenvalue weighted by atomic mass is 9.76. The first-order chi connectivity index (χ1) is 16.4. The SMILES string of the molecule is Nc1ncnc2c1ncn2C1CCC(COSNC(=O)CCC(=O)c2ccccc2B(O)O)O1. The average molecular weight is 486 g/mol. The first-order valence-corrected chi connectivity index (χ1v) is 11.3. The minimum absolute atomic E-state index is 0.0637. The van der Waals surface area contributed by atoms with Crippen LogP contribution in [0.15, 0.2) is 36.9 Å². The highest BCUT2D eigenvalue weighted by Crippen LogP contribution is 2.31. The van der Waals surface area contributed by atoms with E-state index in [2.05, 4.69) is 19.7 Å². The van der Waals surface area contributed by atoms with Crippen molar-refractivity contribution in [1.29, 1.82) is 0 Å². The number of hydrogen-bond acceptors (Lipinski definition) is 11. The second-order valence-electron chi connectivity index (χ2n) is 7.65. The third kappa shape index (κ3) is 5.54. The van der Waals surface area contributed by atoms with Gasteiger partial charge in [0.2, 0.25) is 5.91 Å². The average Bonchev–Trinajstić information content (AvgIpc) is 3.48. The van der Waals surface area contributed by atoms with Crippen molar-refractivity contribution in [2.24, 2.45) is 0 Å².